The number of likely N-dealkylation sites (tertiary alicyclic amines) is 1. The summed E-state index contributed by atoms with van der Waals surface area (Å²) in [5, 5.41) is 8.90. The number of hydrogen-bond donors (Lipinski definition) is 1. The Balaban J connectivity index is 1.55. The predicted molar refractivity (Wildman–Crippen MR) is 114 cm³/mol. The zero-order valence-electron chi connectivity index (χ0n) is 16.8. The van der Waals surface area contributed by atoms with Crippen molar-refractivity contribution < 1.29 is 17.6 Å². The van der Waals surface area contributed by atoms with Crippen LogP contribution in [0.15, 0.2) is 29.2 Å². The molecule has 158 valence electrons. The summed E-state index contributed by atoms with van der Waals surface area (Å²) in [6.45, 7) is 5.02. The number of aryl methyl sites for hydroxylation is 2. The van der Waals surface area contributed by atoms with Crippen molar-refractivity contribution in [2.75, 3.05) is 24.6 Å². The van der Waals surface area contributed by atoms with E-state index in [2.05, 4.69) is 10.2 Å². The van der Waals surface area contributed by atoms with Crippen LogP contribution in [0.3, 0.4) is 0 Å². The van der Waals surface area contributed by atoms with Gasteiger partial charge in [0.05, 0.1) is 35.1 Å². The average molecular weight is 449 g/mol. The topological polar surface area (TPSA) is 106 Å². The summed E-state index contributed by atoms with van der Waals surface area (Å²) in [6.07, 6.45) is 0. The molecule has 1 aromatic carbocycles. The number of nitrogens with two attached hydrogens (primary N) is 1. The van der Waals surface area contributed by atoms with E-state index in [0.717, 1.165) is 28.0 Å². The third kappa shape index (κ3) is 3.14. The van der Waals surface area contributed by atoms with E-state index in [1.807, 2.05) is 13.8 Å². The van der Waals surface area contributed by atoms with Crippen LogP contribution in [0.2, 0.25) is 0 Å². The molecule has 2 N–H and O–H groups in total. The van der Waals surface area contributed by atoms with Crippen LogP contribution in [0.1, 0.15) is 33.4 Å². The highest BCUT2D eigenvalue weighted by Crippen LogP contribution is 2.41. The Morgan fingerprint density at radius 3 is 2.47 bits per heavy atom. The molecule has 0 spiro atoms. The monoisotopic (exact) mass is 448 g/mol. The van der Waals surface area contributed by atoms with Crippen LogP contribution in [0.4, 0.5) is 10.1 Å². The molecule has 1 aliphatic heterocycles. The molecule has 1 amide bonds. The van der Waals surface area contributed by atoms with Gasteiger partial charge in [0.25, 0.3) is 5.91 Å². The molecule has 0 bridgehead atoms. The Bertz CT molecular complexity index is 1260. The molecule has 10 heteroatoms. The van der Waals surface area contributed by atoms with Gasteiger partial charge in [0.15, 0.2) is 15.5 Å². The number of nitrogens with zero attached hydrogens (tertiary/aromatic N) is 3. The number of fused-ring (bicyclic) bond motifs is 1. The molecule has 4 rings (SSSR count). The molecule has 1 fully saturated rings. The highest BCUT2D eigenvalue weighted by Gasteiger charge is 2.48. The highest BCUT2D eigenvalue weighted by molar-refractivity contribution is 7.91. The van der Waals surface area contributed by atoms with Crippen LogP contribution in [-0.2, 0) is 15.5 Å². The standard InChI is InChI=1S/C20H21FN4O3S2/c1-4-30(27,28)14-7-5-13(6-8-14)20(21)9-25(10-20)19(26)17-16(22)15-11(2)12(3)23-24-18(15)29-17/h5-8H,4,9-10,22H2,1-3H3. The van der Waals surface area contributed by atoms with Gasteiger partial charge in [0.1, 0.15) is 9.71 Å². The minimum atomic E-state index is -3.34. The molecular weight excluding hydrogens is 427 g/mol. The molecule has 0 unspecified atom stereocenters. The summed E-state index contributed by atoms with van der Waals surface area (Å²) in [5.41, 5.74) is 6.81. The number of amides is 1. The van der Waals surface area contributed by atoms with Crippen molar-refractivity contribution in [2.24, 2.45) is 0 Å². The van der Waals surface area contributed by atoms with E-state index < -0.39 is 15.5 Å². The van der Waals surface area contributed by atoms with Crippen LogP contribution in [-0.4, -0.2) is 48.3 Å². The Morgan fingerprint density at radius 1 is 1.23 bits per heavy atom. The van der Waals surface area contributed by atoms with E-state index in [1.54, 1.807) is 6.92 Å². The summed E-state index contributed by atoms with van der Waals surface area (Å²) in [4.78, 5) is 15.4. The molecule has 3 aromatic rings. The Morgan fingerprint density at radius 2 is 1.87 bits per heavy atom. The first-order valence-corrected chi connectivity index (χ1v) is 11.9. The van der Waals surface area contributed by atoms with Gasteiger partial charge in [0.2, 0.25) is 0 Å². The largest absolute Gasteiger partial charge is 0.397 e. The first-order valence-electron chi connectivity index (χ1n) is 9.41. The molecule has 7 nitrogen and oxygen atoms in total. The average Bonchev–Trinajstić information content (AvgIpc) is 3.05. The van der Waals surface area contributed by atoms with E-state index in [1.165, 1.54) is 29.2 Å². The Kier molecular flexibility index (Phi) is 4.81. The number of alkyl halides is 1. The number of rotatable bonds is 4. The summed E-state index contributed by atoms with van der Waals surface area (Å²) < 4.78 is 39.2. The van der Waals surface area contributed by atoms with Crippen molar-refractivity contribution >= 4 is 43.0 Å². The second kappa shape index (κ2) is 6.98. The fraction of sp³-hybridized carbons (Fsp3) is 0.350. The van der Waals surface area contributed by atoms with Crippen molar-refractivity contribution in [2.45, 2.75) is 31.3 Å². The summed E-state index contributed by atoms with van der Waals surface area (Å²) >= 11 is 1.16. The molecule has 0 aliphatic carbocycles. The lowest BCUT2D eigenvalue weighted by Crippen LogP contribution is -2.58. The first kappa shape index (κ1) is 20.7. The highest BCUT2D eigenvalue weighted by atomic mass is 32.2. The van der Waals surface area contributed by atoms with Crippen molar-refractivity contribution in [1.82, 2.24) is 15.1 Å². The minimum Gasteiger partial charge on any atom is -0.397 e. The summed E-state index contributed by atoms with van der Waals surface area (Å²) in [5.74, 6) is -0.360. The molecule has 2 aromatic heterocycles. The molecule has 1 saturated heterocycles. The zero-order chi connectivity index (χ0) is 21.8. The van der Waals surface area contributed by atoms with Crippen molar-refractivity contribution in [3.05, 3.63) is 46.0 Å². The molecule has 0 radical (unpaired) electrons. The maximum absolute atomic E-state index is 15.3. The second-order valence-corrected chi connectivity index (χ2v) is 10.8. The third-order valence-electron chi connectivity index (χ3n) is 5.61. The molecule has 30 heavy (non-hydrogen) atoms. The lowest BCUT2D eigenvalue weighted by Gasteiger charge is -2.44. The van der Waals surface area contributed by atoms with E-state index in [0.29, 0.717) is 21.0 Å². The van der Waals surface area contributed by atoms with Gasteiger partial charge in [-0.3, -0.25) is 4.79 Å². The van der Waals surface area contributed by atoms with Crippen LogP contribution < -0.4 is 5.73 Å². The van der Waals surface area contributed by atoms with Gasteiger partial charge in [-0.25, -0.2) is 12.8 Å². The van der Waals surface area contributed by atoms with Crippen LogP contribution >= 0.6 is 11.3 Å². The van der Waals surface area contributed by atoms with E-state index >= 15 is 4.39 Å². The lowest BCUT2D eigenvalue weighted by molar-refractivity contribution is -0.0228. The molecular formula is C20H21FN4O3S2. The SMILES string of the molecule is CCS(=O)(=O)c1ccc(C2(F)CN(C(=O)c3sc4nnc(C)c(C)c4c3N)C2)cc1. The van der Waals surface area contributed by atoms with Gasteiger partial charge in [-0.1, -0.05) is 19.1 Å². The fourth-order valence-corrected chi connectivity index (χ4v) is 5.51. The number of benzene rings is 1. The normalized spacial score (nSPS) is 15.9. The smallest absolute Gasteiger partial charge is 0.266 e. The maximum Gasteiger partial charge on any atom is 0.266 e. The number of anilines is 1. The minimum absolute atomic E-state index is 0.0185. The Hall–Kier alpha value is -2.59. The van der Waals surface area contributed by atoms with Crippen molar-refractivity contribution in [3.63, 3.8) is 0 Å². The number of thiophene rings is 1. The molecule has 0 atom stereocenters. The summed E-state index contributed by atoms with van der Waals surface area (Å²) in [6, 6.07) is 5.77. The van der Waals surface area contributed by atoms with E-state index in [-0.39, 0.29) is 29.6 Å². The van der Waals surface area contributed by atoms with Crippen LogP contribution in [0, 0.1) is 13.8 Å². The van der Waals surface area contributed by atoms with Gasteiger partial charge in [-0.05, 0) is 37.1 Å². The molecule has 1 aliphatic rings. The number of nitrogen functional groups attached to an aromatic ring is 1. The third-order valence-corrected chi connectivity index (χ3v) is 8.44. The maximum atomic E-state index is 15.3. The zero-order valence-corrected chi connectivity index (χ0v) is 18.4. The van der Waals surface area contributed by atoms with E-state index in [4.69, 9.17) is 5.73 Å². The van der Waals surface area contributed by atoms with Crippen LogP contribution in [0.25, 0.3) is 10.2 Å². The van der Waals surface area contributed by atoms with Crippen molar-refractivity contribution in [1.29, 1.82) is 0 Å². The van der Waals surface area contributed by atoms with Gasteiger partial charge < -0.3 is 10.6 Å². The predicted octanol–water partition coefficient (Wildman–Crippen LogP) is 3.00. The number of carbonyl (C=O) groups is 1. The van der Waals surface area contributed by atoms with Crippen LogP contribution in [0.5, 0.6) is 0 Å². The summed E-state index contributed by atoms with van der Waals surface area (Å²) in [7, 11) is -3.34. The van der Waals surface area contributed by atoms with Gasteiger partial charge in [-0.15, -0.1) is 16.4 Å². The van der Waals surface area contributed by atoms with Crippen molar-refractivity contribution in [3.8, 4) is 0 Å². The number of hydrogen-bond acceptors (Lipinski definition) is 7. The molecule has 3 heterocycles. The van der Waals surface area contributed by atoms with Gasteiger partial charge >= 0.3 is 0 Å². The van der Waals surface area contributed by atoms with E-state index in [9.17, 15) is 13.2 Å². The molecule has 0 saturated carbocycles. The first-order chi connectivity index (χ1) is 14.1. The Labute approximate surface area is 177 Å². The van der Waals surface area contributed by atoms with Gasteiger partial charge in [-0.2, -0.15) is 5.10 Å². The number of halogens is 1. The second-order valence-electron chi connectivity index (χ2n) is 7.49. The quantitative estimate of drug-likeness (QED) is 0.658. The van der Waals surface area contributed by atoms with Gasteiger partial charge in [0, 0.05) is 5.39 Å². The number of carbonyl (C=O) groups excluding carboxylic acids is 1. The fourth-order valence-electron chi connectivity index (χ4n) is 3.56. The lowest BCUT2D eigenvalue weighted by atomic mass is 9.88. The number of sulfone groups is 1. The number of aromatic nitrogens is 2.